The number of amides is 1. The van der Waals surface area contributed by atoms with Gasteiger partial charge in [-0.1, -0.05) is 12.1 Å². The van der Waals surface area contributed by atoms with E-state index >= 15 is 0 Å². The van der Waals surface area contributed by atoms with Crippen LogP contribution in [0, 0.1) is 11.7 Å². The molecule has 8 heteroatoms. The molecule has 6 nitrogen and oxygen atoms in total. The average molecular weight is 372 g/mol. The summed E-state index contributed by atoms with van der Waals surface area (Å²) in [5, 5.41) is 2.86. The Labute approximate surface area is 148 Å². The molecule has 1 fully saturated rings. The maximum absolute atomic E-state index is 12.9. The minimum atomic E-state index is -3.46. The molecule has 0 unspecified atom stereocenters. The van der Waals surface area contributed by atoms with Gasteiger partial charge in [0.05, 0.1) is 5.75 Å². The van der Waals surface area contributed by atoms with Crippen LogP contribution in [0.3, 0.4) is 0 Å². The van der Waals surface area contributed by atoms with Crippen molar-refractivity contribution in [1.29, 1.82) is 0 Å². The van der Waals surface area contributed by atoms with E-state index < -0.39 is 15.8 Å². The van der Waals surface area contributed by atoms with Crippen LogP contribution >= 0.6 is 0 Å². The molecule has 0 aliphatic carbocycles. The molecule has 1 aliphatic rings. The Hall–Kier alpha value is -1.51. The summed E-state index contributed by atoms with van der Waals surface area (Å²) in [4.78, 5) is 12.1. The monoisotopic (exact) mass is 372 g/mol. The van der Waals surface area contributed by atoms with Crippen LogP contribution in [-0.4, -0.2) is 52.0 Å². The SMILES string of the molecule is COCCCNC(=O)C1CCN(S(=O)(=O)Cc2ccc(F)cc2)CC1. The Balaban J connectivity index is 1.82. The Bertz CT molecular complexity index is 656. The molecule has 0 aromatic heterocycles. The third-order valence-electron chi connectivity index (χ3n) is 4.30. The van der Waals surface area contributed by atoms with Gasteiger partial charge >= 0.3 is 0 Å². The van der Waals surface area contributed by atoms with Gasteiger partial charge in [-0.05, 0) is 37.0 Å². The van der Waals surface area contributed by atoms with Gasteiger partial charge in [0.25, 0.3) is 0 Å². The summed E-state index contributed by atoms with van der Waals surface area (Å²) < 4.78 is 44.2. The molecule has 0 spiro atoms. The van der Waals surface area contributed by atoms with Crippen molar-refractivity contribution in [3.05, 3.63) is 35.6 Å². The van der Waals surface area contributed by atoms with Crippen LogP contribution in [0.2, 0.25) is 0 Å². The number of ether oxygens (including phenoxy) is 1. The first-order valence-corrected chi connectivity index (χ1v) is 10.0. The van der Waals surface area contributed by atoms with Gasteiger partial charge in [0.15, 0.2) is 0 Å². The van der Waals surface area contributed by atoms with Crippen molar-refractivity contribution >= 4 is 15.9 Å². The number of hydrogen-bond acceptors (Lipinski definition) is 4. The Morgan fingerprint density at radius 2 is 1.92 bits per heavy atom. The Morgan fingerprint density at radius 3 is 2.52 bits per heavy atom. The van der Waals surface area contributed by atoms with Crippen LogP contribution in [0.4, 0.5) is 4.39 Å². The van der Waals surface area contributed by atoms with Crippen molar-refractivity contribution in [3.8, 4) is 0 Å². The van der Waals surface area contributed by atoms with Crippen molar-refractivity contribution in [2.24, 2.45) is 5.92 Å². The van der Waals surface area contributed by atoms with E-state index in [1.165, 1.54) is 28.6 Å². The lowest BCUT2D eigenvalue weighted by molar-refractivity contribution is -0.126. The highest BCUT2D eigenvalue weighted by Gasteiger charge is 2.30. The summed E-state index contributed by atoms with van der Waals surface area (Å²) in [6.45, 7) is 1.83. The summed E-state index contributed by atoms with van der Waals surface area (Å²) in [6, 6.07) is 5.47. The van der Waals surface area contributed by atoms with Gasteiger partial charge in [-0.3, -0.25) is 4.79 Å². The van der Waals surface area contributed by atoms with E-state index in [0.29, 0.717) is 44.6 Å². The molecule has 2 rings (SSSR count). The second-order valence-electron chi connectivity index (χ2n) is 6.19. The molecule has 0 atom stereocenters. The standard InChI is InChI=1S/C17H25FN2O4S/c1-24-12-2-9-19-17(21)15-7-10-20(11-8-15)25(22,23)13-14-3-5-16(18)6-4-14/h3-6,15H,2,7-13H2,1H3,(H,19,21). The molecule has 0 radical (unpaired) electrons. The van der Waals surface area contributed by atoms with Gasteiger partial charge in [-0.25, -0.2) is 17.1 Å². The third-order valence-corrected chi connectivity index (χ3v) is 6.15. The predicted octanol–water partition coefficient (Wildman–Crippen LogP) is 1.52. The molecule has 1 aromatic carbocycles. The zero-order valence-electron chi connectivity index (χ0n) is 14.4. The Morgan fingerprint density at radius 1 is 1.28 bits per heavy atom. The predicted molar refractivity (Wildman–Crippen MR) is 92.8 cm³/mol. The quantitative estimate of drug-likeness (QED) is 0.702. The van der Waals surface area contributed by atoms with Gasteiger partial charge in [-0.2, -0.15) is 0 Å². The van der Waals surface area contributed by atoms with Crippen molar-refractivity contribution in [1.82, 2.24) is 9.62 Å². The average Bonchev–Trinajstić information content (AvgIpc) is 2.60. The van der Waals surface area contributed by atoms with E-state index in [1.807, 2.05) is 0 Å². The molecule has 0 bridgehead atoms. The topological polar surface area (TPSA) is 75.7 Å². The summed E-state index contributed by atoms with van der Waals surface area (Å²) in [5.41, 5.74) is 0.555. The largest absolute Gasteiger partial charge is 0.385 e. The number of methoxy groups -OCH3 is 1. The summed E-state index contributed by atoms with van der Waals surface area (Å²) in [7, 11) is -1.85. The zero-order chi connectivity index (χ0) is 18.3. The van der Waals surface area contributed by atoms with Crippen molar-refractivity contribution in [2.45, 2.75) is 25.0 Å². The molecular formula is C17H25FN2O4S. The summed E-state index contributed by atoms with van der Waals surface area (Å²) in [6.07, 6.45) is 1.78. The number of hydrogen-bond donors (Lipinski definition) is 1. The lowest BCUT2D eigenvalue weighted by atomic mass is 9.97. The van der Waals surface area contributed by atoms with Crippen LogP contribution in [-0.2, 0) is 25.3 Å². The minimum Gasteiger partial charge on any atom is -0.385 e. The van der Waals surface area contributed by atoms with Gasteiger partial charge in [0.2, 0.25) is 15.9 Å². The lowest BCUT2D eigenvalue weighted by Crippen LogP contribution is -2.43. The van der Waals surface area contributed by atoms with E-state index in [-0.39, 0.29) is 17.6 Å². The Kier molecular flexibility index (Phi) is 7.34. The second kappa shape index (κ2) is 9.26. The van der Waals surface area contributed by atoms with Crippen LogP contribution in [0.1, 0.15) is 24.8 Å². The van der Waals surface area contributed by atoms with E-state index in [0.717, 1.165) is 6.42 Å². The number of nitrogens with one attached hydrogen (secondary N) is 1. The minimum absolute atomic E-state index is 0.0216. The molecule has 140 valence electrons. The molecule has 1 aromatic rings. The van der Waals surface area contributed by atoms with Crippen LogP contribution < -0.4 is 5.32 Å². The van der Waals surface area contributed by atoms with Gasteiger partial charge < -0.3 is 10.1 Å². The highest BCUT2D eigenvalue weighted by Crippen LogP contribution is 2.22. The molecule has 1 heterocycles. The molecule has 1 amide bonds. The smallest absolute Gasteiger partial charge is 0.223 e. The molecule has 0 saturated carbocycles. The summed E-state index contributed by atoms with van der Waals surface area (Å²) >= 11 is 0. The van der Waals surface area contributed by atoms with E-state index in [2.05, 4.69) is 5.32 Å². The highest BCUT2D eigenvalue weighted by atomic mass is 32.2. The molecule has 25 heavy (non-hydrogen) atoms. The number of halogens is 1. The zero-order valence-corrected chi connectivity index (χ0v) is 15.2. The maximum atomic E-state index is 12.9. The number of rotatable bonds is 8. The molecule has 1 N–H and O–H groups in total. The summed E-state index contributed by atoms with van der Waals surface area (Å²) in [5.74, 6) is -0.716. The normalized spacial score (nSPS) is 16.7. The van der Waals surface area contributed by atoms with E-state index in [9.17, 15) is 17.6 Å². The molecule has 1 aliphatic heterocycles. The van der Waals surface area contributed by atoms with Gasteiger partial charge in [0, 0.05) is 39.3 Å². The van der Waals surface area contributed by atoms with Crippen molar-refractivity contribution in [2.75, 3.05) is 33.4 Å². The fourth-order valence-electron chi connectivity index (χ4n) is 2.85. The van der Waals surface area contributed by atoms with Crippen LogP contribution in [0.25, 0.3) is 0 Å². The highest BCUT2D eigenvalue weighted by molar-refractivity contribution is 7.88. The maximum Gasteiger partial charge on any atom is 0.223 e. The number of piperidine rings is 1. The number of benzene rings is 1. The second-order valence-corrected chi connectivity index (χ2v) is 8.16. The van der Waals surface area contributed by atoms with Crippen LogP contribution in [0.5, 0.6) is 0 Å². The number of carbonyl (C=O) groups excluding carboxylic acids is 1. The van der Waals surface area contributed by atoms with Gasteiger partial charge in [0.1, 0.15) is 5.82 Å². The first kappa shape index (κ1) is 19.8. The third kappa shape index (κ3) is 6.05. The van der Waals surface area contributed by atoms with Crippen LogP contribution in [0.15, 0.2) is 24.3 Å². The number of nitrogens with zero attached hydrogens (tertiary/aromatic N) is 1. The fraction of sp³-hybridized carbons (Fsp3) is 0.588. The molecular weight excluding hydrogens is 347 g/mol. The van der Waals surface area contributed by atoms with E-state index in [1.54, 1.807) is 7.11 Å². The number of carbonyl (C=O) groups is 1. The van der Waals surface area contributed by atoms with E-state index in [4.69, 9.17) is 4.74 Å². The van der Waals surface area contributed by atoms with Crippen molar-refractivity contribution < 1.29 is 22.3 Å². The molecule has 1 saturated heterocycles. The lowest BCUT2D eigenvalue weighted by Gasteiger charge is -2.30. The fourth-order valence-corrected chi connectivity index (χ4v) is 4.41. The first-order valence-electron chi connectivity index (χ1n) is 8.41. The number of sulfonamides is 1. The van der Waals surface area contributed by atoms with Gasteiger partial charge in [-0.15, -0.1) is 0 Å². The van der Waals surface area contributed by atoms with Crippen molar-refractivity contribution in [3.63, 3.8) is 0 Å². The first-order chi connectivity index (χ1) is 11.9.